The molecule has 0 aliphatic rings. The van der Waals surface area contributed by atoms with Crippen LogP contribution in [0.1, 0.15) is 5.56 Å². The van der Waals surface area contributed by atoms with E-state index in [9.17, 15) is 0 Å². The monoisotopic (exact) mass is 440 g/mol. The third-order valence-electron chi connectivity index (χ3n) is 5.84. The van der Waals surface area contributed by atoms with Gasteiger partial charge in [0.1, 0.15) is 0 Å². The smallest absolute Gasteiger partial charge is 0.00264 e. The largest absolute Gasteiger partial charge is 0.0984 e. The minimum atomic E-state index is -0.732. The SMILES string of the molecule is C=Cc1c(P(c2ccccc2)c2ccccc2)ccc(-c2ccccc2)c1-c1ccccc1. The van der Waals surface area contributed by atoms with Crippen LogP contribution in [0.5, 0.6) is 0 Å². The van der Waals surface area contributed by atoms with Gasteiger partial charge in [-0.2, -0.15) is 0 Å². The summed E-state index contributed by atoms with van der Waals surface area (Å²) in [7, 11) is -0.732. The standard InChI is InChI=1S/C32H25P/c1-2-29-31(33(27-19-11-5-12-20-27)28-21-13-6-14-22-28)24-23-30(25-15-7-3-8-16-25)32(29)26-17-9-4-10-18-26/h2-24H,1H2. The van der Waals surface area contributed by atoms with E-state index in [0.29, 0.717) is 0 Å². The minimum absolute atomic E-state index is 0.732. The maximum atomic E-state index is 4.29. The van der Waals surface area contributed by atoms with E-state index in [1.807, 2.05) is 6.08 Å². The summed E-state index contributed by atoms with van der Waals surface area (Å²) in [6.45, 7) is 4.29. The van der Waals surface area contributed by atoms with E-state index < -0.39 is 7.92 Å². The number of hydrogen-bond donors (Lipinski definition) is 0. The van der Waals surface area contributed by atoms with Gasteiger partial charge >= 0.3 is 0 Å². The Morgan fingerprint density at radius 2 is 0.939 bits per heavy atom. The van der Waals surface area contributed by atoms with Gasteiger partial charge < -0.3 is 0 Å². The van der Waals surface area contributed by atoms with E-state index in [2.05, 4.69) is 140 Å². The van der Waals surface area contributed by atoms with Crippen molar-refractivity contribution in [2.45, 2.75) is 0 Å². The fourth-order valence-electron chi connectivity index (χ4n) is 4.37. The lowest BCUT2D eigenvalue weighted by Gasteiger charge is -2.25. The van der Waals surface area contributed by atoms with Gasteiger partial charge in [0.15, 0.2) is 0 Å². The molecule has 5 aromatic carbocycles. The Morgan fingerprint density at radius 1 is 0.485 bits per heavy atom. The molecule has 33 heavy (non-hydrogen) atoms. The molecule has 0 saturated carbocycles. The van der Waals surface area contributed by atoms with Gasteiger partial charge in [-0.1, -0.05) is 146 Å². The highest BCUT2D eigenvalue weighted by atomic mass is 31.1. The van der Waals surface area contributed by atoms with Crippen LogP contribution in [0.2, 0.25) is 0 Å². The Morgan fingerprint density at radius 3 is 1.42 bits per heavy atom. The van der Waals surface area contributed by atoms with Gasteiger partial charge in [0.25, 0.3) is 0 Å². The molecule has 0 fully saturated rings. The van der Waals surface area contributed by atoms with Gasteiger partial charge in [-0.05, 0) is 51.7 Å². The summed E-state index contributed by atoms with van der Waals surface area (Å²) in [5.41, 5.74) is 6.12. The molecule has 0 heterocycles. The summed E-state index contributed by atoms with van der Waals surface area (Å²) in [4.78, 5) is 0. The first-order chi connectivity index (χ1) is 16.4. The molecule has 5 aromatic rings. The quantitative estimate of drug-likeness (QED) is 0.241. The molecule has 0 spiro atoms. The molecule has 0 N–H and O–H groups in total. The maximum absolute atomic E-state index is 4.29. The van der Waals surface area contributed by atoms with Crippen LogP contribution in [0.15, 0.2) is 140 Å². The third-order valence-corrected chi connectivity index (χ3v) is 8.34. The second kappa shape index (κ2) is 9.82. The zero-order valence-electron chi connectivity index (χ0n) is 18.4. The lowest BCUT2D eigenvalue weighted by Crippen LogP contribution is -2.23. The van der Waals surface area contributed by atoms with Gasteiger partial charge in [0.05, 0.1) is 0 Å². The zero-order valence-corrected chi connectivity index (χ0v) is 19.3. The van der Waals surface area contributed by atoms with Crippen LogP contribution in [0, 0.1) is 0 Å². The summed E-state index contributed by atoms with van der Waals surface area (Å²) < 4.78 is 0. The molecule has 1 heteroatoms. The summed E-state index contributed by atoms with van der Waals surface area (Å²) in [6, 6.07) is 47.7. The highest BCUT2D eigenvalue weighted by molar-refractivity contribution is 7.80. The van der Waals surface area contributed by atoms with Crippen molar-refractivity contribution in [3.63, 3.8) is 0 Å². The molecule has 158 valence electrons. The lowest BCUT2D eigenvalue weighted by molar-refractivity contribution is 1.58. The first-order valence-corrected chi connectivity index (χ1v) is 12.5. The Bertz CT molecular complexity index is 1300. The molecule has 0 unspecified atom stereocenters. The van der Waals surface area contributed by atoms with Gasteiger partial charge in [-0.25, -0.2) is 0 Å². The van der Waals surface area contributed by atoms with Crippen molar-refractivity contribution >= 4 is 29.9 Å². The van der Waals surface area contributed by atoms with Crippen LogP contribution in [0.4, 0.5) is 0 Å². The minimum Gasteiger partial charge on any atom is -0.0984 e. The first-order valence-electron chi connectivity index (χ1n) is 11.2. The molecule has 5 rings (SSSR count). The number of rotatable bonds is 6. The molecule has 0 aromatic heterocycles. The molecule has 0 aliphatic carbocycles. The third kappa shape index (κ3) is 4.31. The second-order valence-electron chi connectivity index (χ2n) is 7.86. The Labute approximate surface area is 197 Å². The highest BCUT2D eigenvalue weighted by Crippen LogP contribution is 2.41. The number of hydrogen-bond acceptors (Lipinski definition) is 0. The predicted octanol–water partition coefficient (Wildman–Crippen LogP) is 7.42. The average Bonchev–Trinajstić information content (AvgIpc) is 2.91. The van der Waals surface area contributed by atoms with Crippen molar-refractivity contribution in [2.24, 2.45) is 0 Å². The van der Waals surface area contributed by atoms with E-state index in [4.69, 9.17) is 0 Å². The Hall–Kier alpha value is -3.73. The van der Waals surface area contributed by atoms with Crippen LogP contribution in [-0.4, -0.2) is 0 Å². The topological polar surface area (TPSA) is 0 Å². The van der Waals surface area contributed by atoms with Crippen molar-refractivity contribution in [3.8, 4) is 22.3 Å². The molecular weight excluding hydrogens is 415 g/mol. The van der Waals surface area contributed by atoms with Gasteiger partial charge in [0, 0.05) is 0 Å². The molecular formula is C32H25P. The van der Waals surface area contributed by atoms with Crippen molar-refractivity contribution in [1.82, 2.24) is 0 Å². The predicted molar refractivity (Wildman–Crippen MR) is 146 cm³/mol. The number of benzene rings is 5. The van der Waals surface area contributed by atoms with E-state index >= 15 is 0 Å². The van der Waals surface area contributed by atoms with E-state index in [-0.39, 0.29) is 0 Å². The van der Waals surface area contributed by atoms with Gasteiger partial charge in [0.2, 0.25) is 0 Å². The van der Waals surface area contributed by atoms with Gasteiger partial charge in [-0.15, -0.1) is 0 Å². The van der Waals surface area contributed by atoms with Crippen molar-refractivity contribution < 1.29 is 0 Å². The van der Waals surface area contributed by atoms with Crippen LogP contribution >= 0.6 is 7.92 Å². The summed E-state index contributed by atoms with van der Waals surface area (Å²) >= 11 is 0. The summed E-state index contributed by atoms with van der Waals surface area (Å²) in [5, 5.41) is 4.01. The fourth-order valence-corrected chi connectivity index (χ4v) is 6.83. The molecule has 0 saturated heterocycles. The van der Waals surface area contributed by atoms with Crippen LogP contribution in [0.3, 0.4) is 0 Å². The molecule has 0 nitrogen and oxygen atoms in total. The highest BCUT2D eigenvalue weighted by Gasteiger charge is 2.22. The molecule has 0 aliphatic heterocycles. The Balaban J connectivity index is 1.82. The average molecular weight is 441 g/mol. The van der Waals surface area contributed by atoms with E-state index in [1.54, 1.807) is 0 Å². The molecule has 0 amide bonds. The van der Waals surface area contributed by atoms with Crippen LogP contribution in [0.25, 0.3) is 28.3 Å². The normalized spacial score (nSPS) is 10.8. The summed E-state index contributed by atoms with van der Waals surface area (Å²) in [6.07, 6.45) is 2.05. The fraction of sp³-hybridized carbons (Fsp3) is 0. The van der Waals surface area contributed by atoms with Gasteiger partial charge in [-0.3, -0.25) is 0 Å². The van der Waals surface area contributed by atoms with Crippen LogP contribution < -0.4 is 15.9 Å². The summed E-state index contributed by atoms with van der Waals surface area (Å²) in [5.74, 6) is 0. The molecule has 0 atom stereocenters. The van der Waals surface area contributed by atoms with Crippen molar-refractivity contribution in [2.75, 3.05) is 0 Å². The van der Waals surface area contributed by atoms with Crippen molar-refractivity contribution in [1.29, 1.82) is 0 Å². The molecule has 0 radical (unpaired) electrons. The maximum Gasteiger partial charge on any atom is -0.00264 e. The van der Waals surface area contributed by atoms with E-state index in [0.717, 1.165) is 0 Å². The van der Waals surface area contributed by atoms with Crippen LogP contribution in [-0.2, 0) is 0 Å². The molecule has 0 bridgehead atoms. The van der Waals surface area contributed by atoms with Crippen molar-refractivity contribution in [3.05, 3.63) is 146 Å². The Kier molecular flexibility index (Phi) is 6.29. The van der Waals surface area contributed by atoms with E-state index in [1.165, 1.54) is 43.7 Å². The second-order valence-corrected chi connectivity index (χ2v) is 10.0. The zero-order chi connectivity index (χ0) is 22.5. The lowest BCUT2D eigenvalue weighted by atomic mass is 9.90. The first kappa shape index (κ1) is 21.1.